The molecular weight excluding hydrogens is 324 g/mol. The number of Topliss-reactive ketones (excluding diaryl/α,β-unsaturated/α-hetero) is 1. The van der Waals surface area contributed by atoms with E-state index in [4.69, 9.17) is 14.9 Å². The van der Waals surface area contributed by atoms with E-state index in [2.05, 4.69) is 0 Å². The first-order valence-electron chi connectivity index (χ1n) is 7.43. The first-order chi connectivity index (χ1) is 12.0. The molecule has 0 radical (unpaired) electrons. The molecule has 0 fully saturated rings. The number of aliphatic carboxylic acids is 1. The van der Waals surface area contributed by atoms with Crippen LogP contribution in [0.5, 0.6) is 5.75 Å². The standard InChI is InChI=1S/C19H16O6/c20-14(11-17(22)19(23)24)10-16(21)15-8-4-5-9-18(15)25-12-13-6-2-1-3-7-13/h1-9,11,22H,10,12H2,(H,23,24). The zero-order valence-electron chi connectivity index (χ0n) is 13.2. The zero-order valence-corrected chi connectivity index (χ0v) is 13.2. The maximum Gasteiger partial charge on any atom is 0.371 e. The first kappa shape index (κ1) is 17.9. The zero-order chi connectivity index (χ0) is 18.2. The molecule has 6 heteroatoms. The van der Waals surface area contributed by atoms with Gasteiger partial charge in [0.15, 0.2) is 11.6 Å². The van der Waals surface area contributed by atoms with Gasteiger partial charge in [0, 0.05) is 6.08 Å². The van der Waals surface area contributed by atoms with Crippen molar-refractivity contribution in [2.45, 2.75) is 13.0 Å². The van der Waals surface area contributed by atoms with Gasteiger partial charge in [-0.1, -0.05) is 42.5 Å². The predicted octanol–water partition coefficient (Wildman–Crippen LogP) is 2.93. The highest BCUT2D eigenvalue weighted by Gasteiger charge is 2.16. The summed E-state index contributed by atoms with van der Waals surface area (Å²) >= 11 is 0. The van der Waals surface area contributed by atoms with E-state index >= 15 is 0 Å². The lowest BCUT2D eigenvalue weighted by molar-refractivity contribution is -0.135. The van der Waals surface area contributed by atoms with Gasteiger partial charge < -0.3 is 14.9 Å². The minimum Gasteiger partial charge on any atom is -0.502 e. The summed E-state index contributed by atoms with van der Waals surface area (Å²) in [7, 11) is 0. The number of aliphatic hydroxyl groups is 1. The number of para-hydroxylation sites is 1. The Balaban J connectivity index is 2.08. The second kappa shape index (κ2) is 8.44. The average molecular weight is 340 g/mol. The Morgan fingerprint density at radius 1 is 0.920 bits per heavy atom. The Morgan fingerprint density at radius 3 is 2.24 bits per heavy atom. The minimum atomic E-state index is -1.63. The van der Waals surface area contributed by atoms with Crippen LogP contribution in [0.25, 0.3) is 0 Å². The second-order valence-electron chi connectivity index (χ2n) is 5.17. The van der Waals surface area contributed by atoms with Gasteiger partial charge in [0.05, 0.1) is 12.0 Å². The second-order valence-corrected chi connectivity index (χ2v) is 5.17. The molecule has 0 aliphatic carbocycles. The summed E-state index contributed by atoms with van der Waals surface area (Å²) in [5, 5.41) is 17.6. The largest absolute Gasteiger partial charge is 0.502 e. The molecule has 0 aromatic heterocycles. The van der Waals surface area contributed by atoms with Gasteiger partial charge in [-0.05, 0) is 17.7 Å². The molecule has 25 heavy (non-hydrogen) atoms. The van der Waals surface area contributed by atoms with Crippen LogP contribution >= 0.6 is 0 Å². The van der Waals surface area contributed by atoms with Crippen LogP contribution in [-0.2, 0) is 16.2 Å². The number of carboxylic acids is 1. The summed E-state index contributed by atoms with van der Waals surface area (Å²) in [6.45, 7) is 0.263. The van der Waals surface area contributed by atoms with E-state index in [1.54, 1.807) is 18.2 Å². The maximum atomic E-state index is 12.3. The van der Waals surface area contributed by atoms with Gasteiger partial charge in [0.1, 0.15) is 12.4 Å². The smallest absolute Gasteiger partial charge is 0.371 e. The molecule has 2 aromatic carbocycles. The number of aliphatic hydroxyl groups excluding tert-OH is 1. The third-order valence-electron chi connectivity index (χ3n) is 3.28. The van der Waals surface area contributed by atoms with E-state index in [9.17, 15) is 14.4 Å². The fourth-order valence-corrected chi connectivity index (χ4v) is 2.08. The molecule has 6 nitrogen and oxygen atoms in total. The fraction of sp³-hybridized carbons (Fsp3) is 0.105. The van der Waals surface area contributed by atoms with Crippen molar-refractivity contribution in [1.29, 1.82) is 0 Å². The Kier molecular flexibility index (Phi) is 6.06. The van der Waals surface area contributed by atoms with Gasteiger partial charge in [-0.15, -0.1) is 0 Å². The molecule has 0 aliphatic heterocycles. The van der Waals surface area contributed by atoms with E-state index < -0.39 is 29.7 Å². The summed E-state index contributed by atoms with van der Waals surface area (Å²) in [6, 6.07) is 15.9. The molecule has 2 aromatic rings. The van der Waals surface area contributed by atoms with Crippen LogP contribution in [-0.4, -0.2) is 27.7 Å². The van der Waals surface area contributed by atoms with Gasteiger partial charge in [-0.2, -0.15) is 0 Å². The Labute approximate surface area is 144 Å². The Bertz CT molecular complexity index is 808. The summed E-state index contributed by atoms with van der Waals surface area (Å²) in [5.41, 5.74) is 1.14. The first-order valence-corrected chi connectivity index (χ1v) is 7.43. The van der Waals surface area contributed by atoms with Gasteiger partial charge >= 0.3 is 5.97 Å². The number of hydrogen-bond donors (Lipinski definition) is 2. The summed E-state index contributed by atoms with van der Waals surface area (Å²) in [5.74, 6) is -3.74. The van der Waals surface area contributed by atoms with E-state index in [0.717, 1.165) is 5.56 Å². The molecule has 0 spiro atoms. The number of hydrogen-bond acceptors (Lipinski definition) is 5. The molecule has 0 heterocycles. The molecule has 0 saturated heterocycles. The number of rotatable bonds is 8. The number of carbonyl (C=O) groups is 3. The highest BCUT2D eigenvalue weighted by molar-refractivity contribution is 6.13. The molecule has 0 amide bonds. The molecule has 0 unspecified atom stereocenters. The highest BCUT2D eigenvalue weighted by Crippen LogP contribution is 2.21. The topological polar surface area (TPSA) is 101 Å². The van der Waals surface area contributed by atoms with Crippen LogP contribution < -0.4 is 4.74 Å². The molecule has 0 aliphatic rings. The minimum absolute atomic E-state index is 0.218. The van der Waals surface area contributed by atoms with Crippen molar-refractivity contribution in [2.75, 3.05) is 0 Å². The quantitative estimate of drug-likeness (QED) is 0.332. The Morgan fingerprint density at radius 2 is 1.56 bits per heavy atom. The van der Waals surface area contributed by atoms with Crippen molar-refractivity contribution in [3.05, 3.63) is 77.6 Å². The third kappa shape index (κ3) is 5.31. The monoisotopic (exact) mass is 340 g/mol. The average Bonchev–Trinajstić information content (AvgIpc) is 2.60. The van der Waals surface area contributed by atoms with Crippen LogP contribution in [0.4, 0.5) is 0 Å². The van der Waals surface area contributed by atoms with Crippen LogP contribution in [0, 0.1) is 0 Å². The lowest BCUT2D eigenvalue weighted by Crippen LogP contribution is -2.10. The van der Waals surface area contributed by atoms with Gasteiger partial charge in [-0.3, -0.25) is 9.59 Å². The fourth-order valence-electron chi connectivity index (χ4n) is 2.08. The van der Waals surface area contributed by atoms with Crippen molar-refractivity contribution in [2.24, 2.45) is 0 Å². The van der Waals surface area contributed by atoms with Crippen LogP contribution in [0.3, 0.4) is 0 Å². The number of carboxylic acid groups (broad SMARTS) is 1. The molecule has 0 atom stereocenters. The van der Waals surface area contributed by atoms with Gasteiger partial charge in [0.25, 0.3) is 0 Å². The number of carbonyl (C=O) groups excluding carboxylic acids is 2. The lowest BCUT2D eigenvalue weighted by Gasteiger charge is -2.10. The van der Waals surface area contributed by atoms with E-state index in [0.29, 0.717) is 11.8 Å². The normalized spacial score (nSPS) is 11.0. The van der Waals surface area contributed by atoms with Crippen LogP contribution in [0.1, 0.15) is 22.3 Å². The molecular formula is C19H16O6. The van der Waals surface area contributed by atoms with E-state index in [-0.39, 0.29) is 12.2 Å². The molecule has 2 N–H and O–H groups in total. The number of ketones is 2. The summed E-state index contributed by atoms with van der Waals surface area (Å²) in [4.78, 5) is 34.4. The predicted molar refractivity (Wildman–Crippen MR) is 89.5 cm³/mol. The van der Waals surface area contributed by atoms with E-state index in [1.807, 2.05) is 30.3 Å². The number of ether oxygens (including phenoxy) is 1. The SMILES string of the molecule is O=C(C=C(O)C(=O)O)CC(=O)c1ccccc1OCc1ccccc1. The lowest BCUT2D eigenvalue weighted by atomic mass is 10.0. The van der Waals surface area contributed by atoms with Crippen molar-refractivity contribution in [3.63, 3.8) is 0 Å². The molecule has 2 rings (SSSR count). The summed E-state index contributed by atoms with van der Waals surface area (Å²) in [6.07, 6.45) is -0.0449. The van der Waals surface area contributed by atoms with Gasteiger partial charge in [0.2, 0.25) is 5.76 Å². The third-order valence-corrected chi connectivity index (χ3v) is 3.28. The highest BCUT2D eigenvalue weighted by atomic mass is 16.5. The number of benzene rings is 2. The summed E-state index contributed by atoms with van der Waals surface area (Å²) < 4.78 is 5.65. The molecule has 0 bridgehead atoms. The number of allylic oxidation sites excluding steroid dienone is 1. The molecule has 0 saturated carbocycles. The van der Waals surface area contributed by atoms with Crippen molar-refractivity contribution >= 4 is 17.5 Å². The van der Waals surface area contributed by atoms with Crippen molar-refractivity contribution < 1.29 is 29.3 Å². The van der Waals surface area contributed by atoms with Crippen molar-refractivity contribution in [3.8, 4) is 5.75 Å². The van der Waals surface area contributed by atoms with Crippen LogP contribution in [0.15, 0.2) is 66.4 Å². The molecule has 128 valence electrons. The Hall–Kier alpha value is -3.41. The van der Waals surface area contributed by atoms with Gasteiger partial charge in [-0.25, -0.2) is 4.79 Å². The van der Waals surface area contributed by atoms with Crippen LogP contribution in [0.2, 0.25) is 0 Å². The van der Waals surface area contributed by atoms with E-state index in [1.165, 1.54) is 6.07 Å². The van der Waals surface area contributed by atoms with Crippen molar-refractivity contribution in [1.82, 2.24) is 0 Å². The maximum absolute atomic E-state index is 12.3.